The number of ether oxygens (including phenoxy) is 1. The molecule has 0 spiro atoms. The minimum atomic E-state index is -5.31. The van der Waals surface area contributed by atoms with Crippen molar-refractivity contribution in [3.8, 4) is 5.75 Å². The normalized spacial score (nSPS) is 12.8. The maximum absolute atomic E-state index is 12.6. The van der Waals surface area contributed by atoms with Crippen LogP contribution in [0.5, 0.6) is 5.75 Å². The van der Waals surface area contributed by atoms with Crippen LogP contribution in [0.15, 0.2) is 11.2 Å². The van der Waals surface area contributed by atoms with Crippen LogP contribution in [0.2, 0.25) is 0 Å². The predicted molar refractivity (Wildman–Crippen MR) is 55.1 cm³/mol. The number of rotatable bonds is 4. The number of alkyl halides is 5. The van der Waals surface area contributed by atoms with Gasteiger partial charge >= 0.3 is 6.36 Å². The molecule has 0 aliphatic rings. The first kappa shape index (κ1) is 16.5. The molecule has 0 aromatic carbocycles. The largest absolute Gasteiger partial charge is 0.573 e. The van der Waals surface area contributed by atoms with Gasteiger partial charge in [-0.1, -0.05) is 0 Å². The monoisotopic (exact) mass is 321 g/mol. The van der Waals surface area contributed by atoms with Crippen LogP contribution >= 0.6 is 0 Å². The number of halogens is 5. The summed E-state index contributed by atoms with van der Waals surface area (Å²) in [6, 6.07) is 0. The highest BCUT2D eigenvalue weighted by atomic mass is 32.2. The molecule has 0 radical (unpaired) electrons. The number of primary sulfonamides is 1. The topological polar surface area (TPSA) is 108 Å². The van der Waals surface area contributed by atoms with Crippen molar-refractivity contribution in [2.24, 2.45) is 10.9 Å². The molecule has 0 unspecified atom stereocenters. The molecule has 4 N–H and O–H groups in total. The molecule has 1 rings (SSSR count). The van der Waals surface area contributed by atoms with Crippen molar-refractivity contribution in [2.45, 2.75) is 24.4 Å². The molecule has 0 atom stereocenters. The van der Waals surface area contributed by atoms with Crippen LogP contribution in [0.1, 0.15) is 17.6 Å². The third-order valence-electron chi connectivity index (χ3n) is 2.04. The van der Waals surface area contributed by atoms with Gasteiger partial charge in [-0.2, -0.15) is 0 Å². The molecule has 0 saturated heterocycles. The Kier molecular flexibility index (Phi) is 4.51. The molecule has 20 heavy (non-hydrogen) atoms. The van der Waals surface area contributed by atoms with Gasteiger partial charge in [-0.05, 0) is 0 Å². The fourth-order valence-corrected chi connectivity index (χ4v) is 2.07. The van der Waals surface area contributed by atoms with Crippen molar-refractivity contribution in [3.63, 3.8) is 0 Å². The van der Waals surface area contributed by atoms with Gasteiger partial charge in [0.2, 0.25) is 0 Å². The highest BCUT2D eigenvalue weighted by molar-refractivity contribution is 7.89. The second-order valence-corrected chi connectivity index (χ2v) is 4.90. The first-order chi connectivity index (χ1) is 8.97. The average Bonchev–Trinajstić information content (AvgIpc) is 2.24. The molecule has 12 heteroatoms. The number of hydrogen-bond acceptors (Lipinski definition) is 5. The molecule has 1 aromatic rings. The summed E-state index contributed by atoms with van der Waals surface area (Å²) in [5, 5.41) is 3.67. The third-order valence-corrected chi connectivity index (χ3v) is 2.93. The van der Waals surface area contributed by atoms with Gasteiger partial charge in [0, 0.05) is 18.3 Å². The van der Waals surface area contributed by atoms with Crippen molar-refractivity contribution < 1.29 is 35.1 Å². The van der Waals surface area contributed by atoms with Gasteiger partial charge in [0.05, 0.1) is 5.56 Å². The van der Waals surface area contributed by atoms with Gasteiger partial charge < -0.3 is 10.5 Å². The van der Waals surface area contributed by atoms with Crippen LogP contribution in [0, 0.1) is 0 Å². The van der Waals surface area contributed by atoms with E-state index in [1.807, 2.05) is 0 Å². The third kappa shape index (κ3) is 3.74. The Morgan fingerprint density at radius 1 is 1.35 bits per heavy atom. The van der Waals surface area contributed by atoms with E-state index >= 15 is 0 Å². The van der Waals surface area contributed by atoms with E-state index in [1.54, 1.807) is 0 Å². The zero-order valence-electron chi connectivity index (χ0n) is 9.49. The van der Waals surface area contributed by atoms with Crippen LogP contribution in [-0.2, 0) is 16.6 Å². The second-order valence-electron chi connectivity index (χ2n) is 3.42. The van der Waals surface area contributed by atoms with E-state index in [0.717, 1.165) is 0 Å². The molecule has 0 amide bonds. The number of hydrogen-bond donors (Lipinski definition) is 2. The quantitative estimate of drug-likeness (QED) is 0.805. The van der Waals surface area contributed by atoms with E-state index < -0.39 is 51.3 Å². The maximum atomic E-state index is 12.6. The lowest BCUT2D eigenvalue weighted by Crippen LogP contribution is -2.24. The fraction of sp³-hybridized carbons (Fsp3) is 0.375. The predicted octanol–water partition coefficient (Wildman–Crippen LogP) is 1.02. The zero-order chi connectivity index (χ0) is 15.7. The summed E-state index contributed by atoms with van der Waals surface area (Å²) in [5.74, 6) is -1.41. The van der Waals surface area contributed by atoms with Crippen molar-refractivity contribution in [1.82, 2.24) is 4.98 Å². The van der Waals surface area contributed by atoms with Crippen molar-refractivity contribution in [2.75, 3.05) is 0 Å². The van der Waals surface area contributed by atoms with E-state index in [1.165, 1.54) is 0 Å². The Morgan fingerprint density at radius 2 is 1.90 bits per heavy atom. The summed E-state index contributed by atoms with van der Waals surface area (Å²) < 4.78 is 87.7. The summed E-state index contributed by atoms with van der Waals surface area (Å²) in [6.07, 6.45) is -8.45. The lowest BCUT2D eigenvalue weighted by molar-refractivity contribution is -0.275. The molecular weight excluding hydrogens is 313 g/mol. The minimum Gasteiger partial charge on any atom is -0.405 e. The molecule has 1 heterocycles. The number of nitrogens with zero attached hydrogens (tertiary/aromatic N) is 1. The lowest BCUT2D eigenvalue weighted by Gasteiger charge is -2.17. The van der Waals surface area contributed by atoms with E-state index in [-0.39, 0.29) is 6.20 Å². The fourth-order valence-electron chi connectivity index (χ4n) is 1.35. The standard InChI is InChI=1S/C8H8F5N3O3S/c9-6(10)4-2-16-7(20(15,17)18)3(1-14)5(4)19-8(11,12)13/h2,6H,1,14H2,(H2,15,17,18). The SMILES string of the molecule is NCc1c(S(N)(=O)=O)ncc(C(F)F)c1OC(F)(F)F. The average molecular weight is 321 g/mol. The van der Waals surface area contributed by atoms with Crippen molar-refractivity contribution in [3.05, 3.63) is 17.3 Å². The molecule has 0 bridgehead atoms. The molecule has 0 aliphatic heterocycles. The maximum Gasteiger partial charge on any atom is 0.573 e. The first-order valence-electron chi connectivity index (χ1n) is 4.76. The highest BCUT2D eigenvalue weighted by Gasteiger charge is 2.36. The summed E-state index contributed by atoms with van der Waals surface area (Å²) in [4.78, 5) is 3.11. The van der Waals surface area contributed by atoms with Gasteiger partial charge in [0.1, 0.15) is 5.75 Å². The van der Waals surface area contributed by atoms with Crippen molar-refractivity contribution >= 4 is 10.0 Å². The summed E-state index contributed by atoms with van der Waals surface area (Å²) in [6.45, 7) is -0.843. The summed E-state index contributed by atoms with van der Waals surface area (Å²) in [5.41, 5.74) is 2.97. The van der Waals surface area contributed by atoms with Gasteiger partial charge in [0.25, 0.3) is 16.4 Å². The van der Waals surface area contributed by atoms with Crippen LogP contribution in [0.3, 0.4) is 0 Å². The molecule has 6 nitrogen and oxygen atoms in total. The molecule has 1 aromatic heterocycles. The van der Waals surface area contributed by atoms with Crippen LogP contribution in [0.25, 0.3) is 0 Å². The molecular formula is C8H8F5N3O3S. The van der Waals surface area contributed by atoms with Gasteiger partial charge in [0.15, 0.2) is 5.03 Å². The number of aromatic nitrogens is 1. The first-order valence-corrected chi connectivity index (χ1v) is 6.30. The van der Waals surface area contributed by atoms with Gasteiger partial charge in [-0.25, -0.2) is 27.3 Å². The van der Waals surface area contributed by atoms with E-state index in [2.05, 4.69) is 9.72 Å². The Balaban J connectivity index is 3.63. The lowest BCUT2D eigenvalue weighted by atomic mass is 10.1. The van der Waals surface area contributed by atoms with Gasteiger partial charge in [-0.15, -0.1) is 13.2 Å². The Morgan fingerprint density at radius 3 is 2.25 bits per heavy atom. The molecule has 114 valence electrons. The zero-order valence-corrected chi connectivity index (χ0v) is 10.3. The Hall–Kier alpha value is -1.53. The van der Waals surface area contributed by atoms with Crippen LogP contribution < -0.4 is 15.6 Å². The van der Waals surface area contributed by atoms with E-state index in [0.29, 0.717) is 0 Å². The number of sulfonamides is 1. The number of pyridine rings is 1. The molecule has 0 saturated carbocycles. The van der Waals surface area contributed by atoms with E-state index in [4.69, 9.17) is 10.9 Å². The Labute approximate surface area is 109 Å². The molecule has 0 fully saturated rings. The Bertz CT molecular complexity index is 602. The van der Waals surface area contributed by atoms with Gasteiger partial charge in [-0.3, -0.25) is 0 Å². The second kappa shape index (κ2) is 5.46. The van der Waals surface area contributed by atoms with Crippen LogP contribution in [0.4, 0.5) is 22.0 Å². The number of nitrogens with two attached hydrogens (primary N) is 2. The smallest absolute Gasteiger partial charge is 0.405 e. The highest BCUT2D eigenvalue weighted by Crippen LogP contribution is 2.37. The van der Waals surface area contributed by atoms with Crippen LogP contribution in [-0.4, -0.2) is 19.8 Å². The summed E-state index contributed by atoms with van der Waals surface area (Å²) in [7, 11) is -4.55. The molecule has 0 aliphatic carbocycles. The van der Waals surface area contributed by atoms with E-state index in [9.17, 15) is 30.4 Å². The summed E-state index contributed by atoms with van der Waals surface area (Å²) >= 11 is 0. The van der Waals surface area contributed by atoms with Crippen molar-refractivity contribution in [1.29, 1.82) is 0 Å². The minimum absolute atomic E-state index is 0.241.